The maximum atomic E-state index is 11.4. The minimum Gasteiger partial charge on any atom is -0.480 e. The molecule has 0 aromatic carbocycles. The molecule has 3 atom stereocenters. The molecule has 0 bridgehead atoms. The number of aliphatic carboxylic acids is 3. The SMILES string of the molecule is C=C(C)C(=O)OC[C@H](N)C(=O)OC(C)(C)C.C=C(C)C(=O)OC[C@H](NC(=O)OC(C)(C)C)C(=O)O.CC(C)(C)OC(=O)N[C@@H](CO)C(=O)O.O=C(O)C(F)(F)F. The molecule has 0 radical (unpaired) electrons. The van der Waals surface area contributed by atoms with Gasteiger partial charge in [0.25, 0.3) is 0 Å². The van der Waals surface area contributed by atoms with Gasteiger partial charge < -0.3 is 60.5 Å². The zero-order valence-corrected chi connectivity index (χ0v) is 33.1. The molecule has 0 rings (SSSR count). The summed E-state index contributed by atoms with van der Waals surface area (Å²) >= 11 is 0. The number of carboxylic acids is 3. The second-order valence-electron chi connectivity index (χ2n) is 14.0. The van der Waals surface area contributed by atoms with Crippen LogP contribution in [0.25, 0.3) is 0 Å². The van der Waals surface area contributed by atoms with Crippen molar-refractivity contribution in [1.29, 1.82) is 0 Å². The summed E-state index contributed by atoms with van der Waals surface area (Å²) in [7, 11) is 0. The maximum absolute atomic E-state index is 11.4. The van der Waals surface area contributed by atoms with E-state index in [0.29, 0.717) is 0 Å². The highest BCUT2D eigenvalue weighted by molar-refractivity contribution is 5.88. The zero-order valence-electron chi connectivity index (χ0n) is 33.1. The third-order valence-corrected chi connectivity index (χ3v) is 4.58. The summed E-state index contributed by atoms with van der Waals surface area (Å²) < 4.78 is 55.9. The van der Waals surface area contributed by atoms with Crippen LogP contribution >= 0.6 is 0 Å². The number of nitrogens with two attached hydrogens (primary N) is 1. The van der Waals surface area contributed by atoms with E-state index in [-0.39, 0.29) is 17.8 Å². The molecule has 0 aliphatic heterocycles. The molecule has 0 saturated heterocycles. The molecule has 2 amide bonds. The summed E-state index contributed by atoms with van der Waals surface area (Å²) in [5.74, 6) is -7.29. The molecule has 0 fully saturated rings. The second-order valence-corrected chi connectivity index (χ2v) is 14.0. The molecule has 20 nitrogen and oxygen atoms in total. The Morgan fingerprint density at radius 1 is 0.625 bits per heavy atom. The van der Waals surface area contributed by atoms with Crippen molar-refractivity contribution in [3.63, 3.8) is 0 Å². The van der Waals surface area contributed by atoms with Crippen LogP contribution in [0.3, 0.4) is 0 Å². The van der Waals surface area contributed by atoms with Gasteiger partial charge in [0.15, 0.2) is 12.1 Å². The van der Waals surface area contributed by atoms with E-state index in [1.54, 1.807) is 62.3 Å². The van der Waals surface area contributed by atoms with Crippen molar-refractivity contribution in [2.75, 3.05) is 19.8 Å². The number of halogens is 3. The van der Waals surface area contributed by atoms with E-state index in [0.717, 1.165) is 0 Å². The average molecular weight is 822 g/mol. The Hall–Kier alpha value is -5.45. The van der Waals surface area contributed by atoms with Gasteiger partial charge in [-0.3, -0.25) is 4.79 Å². The Kier molecular flexibility index (Phi) is 26.2. The fourth-order valence-electron chi connectivity index (χ4n) is 2.28. The lowest BCUT2D eigenvalue weighted by Gasteiger charge is -2.22. The van der Waals surface area contributed by atoms with Gasteiger partial charge in [0, 0.05) is 11.1 Å². The second kappa shape index (κ2) is 25.6. The van der Waals surface area contributed by atoms with Crippen LogP contribution in [0.5, 0.6) is 0 Å². The molecule has 0 aromatic rings. The van der Waals surface area contributed by atoms with Gasteiger partial charge in [-0.25, -0.2) is 33.6 Å². The first kappa shape index (κ1) is 57.3. The summed E-state index contributed by atoms with van der Waals surface area (Å²) in [6.45, 7) is 23.4. The Balaban J connectivity index is -0.000000336. The molecule has 0 aliphatic rings. The topological polar surface area (TPSA) is 314 Å². The average Bonchev–Trinajstić information content (AvgIpc) is 2.97. The number of aliphatic hydroxyl groups excluding tert-OH is 1. The number of amides is 2. The smallest absolute Gasteiger partial charge is 0.480 e. The van der Waals surface area contributed by atoms with Crippen LogP contribution in [0, 0.1) is 0 Å². The van der Waals surface area contributed by atoms with Gasteiger partial charge >= 0.3 is 54.2 Å². The number of hydrogen-bond acceptors (Lipinski definition) is 15. The summed E-state index contributed by atoms with van der Waals surface area (Å²) in [5, 5.41) is 37.2. The fraction of sp³-hybridized carbons (Fsp3) is 0.636. The molecule has 8 N–H and O–H groups in total. The first-order valence-corrected chi connectivity index (χ1v) is 15.9. The number of nitrogens with one attached hydrogen (secondary N) is 2. The number of carbonyl (C=O) groups is 8. The van der Waals surface area contributed by atoms with Gasteiger partial charge in [-0.05, 0) is 76.2 Å². The number of alkyl halides is 3. The van der Waals surface area contributed by atoms with Crippen molar-refractivity contribution >= 4 is 48.0 Å². The van der Waals surface area contributed by atoms with Crippen LogP contribution in [-0.4, -0.2) is 129 Å². The Morgan fingerprint density at radius 3 is 1.18 bits per heavy atom. The van der Waals surface area contributed by atoms with E-state index in [1.807, 2.05) is 5.32 Å². The summed E-state index contributed by atoms with van der Waals surface area (Å²) in [5.41, 5.74) is 3.85. The molecule has 0 heterocycles. The number of ether oxygens (including phenoxy) is 5. The molecule has 0 aromatic heterocycles. The predicted molar refractivity (Wildman–Crippen MR) is 188 cm³/mol. The monoisotopic (exact) mass is 821 g/mol. The standard InChI is InChI=1S/C12H19NO6.C11H19NO4.C8H15NO5.C2HF3O2/c1-7(2)10(16)18-6-8(9(14)15)13-11(17)19-12(3,4)5;1-7(2)9(13)15-6-8(12)10(14)16-11(3,4)5;1-8(2,3)14-7(13)9-5(4-10)6(11)12;3-2(4,5)1(6)7/h8H,1,6H2,2-5H3,(H,13,17)(H,14,15);8H,1,6,12H2,2-5H3;5,10H,4H2,1-3H3,(H,9,13)(H,11,12);(H,6,7)/t2*8-;5-;/m000./s1. The molecule has 56 heavy (non-hydrogen) atoms. The van der Waals surface area contributed by atoms with Crippen molar-refractivity contribution in [3.05, 3.63) is 24.3 Å². The Morgan fingerprint density at radius 2 is 0.929 bits per heavy atom. The van der Waals surface area contributed by atoms with E-state index in [4.69, 9.17) is 49.9 Å². The van der Waals surface area contributed by atoms with E-state index >= 15 is 0 Å². The van der Waals surface area contributed by atoms with E-state index < -0.39 is 102 Å². The highest BCUT2D eigenvalue weighted by atomic mass is 19.4. The van der Waals surface area contributed by atoms with E-state index in [1.165, 1.54) is 13.8 Å². The van der Waals surface area contributed by atoms with Crippen molar-refractivity contribution < 1.29 is 95.6 Å². The van der Waals surface area contributed by atoms with Crippen molar-refractivity contribution in [3.8, 4) is 0 Å². The summed E-state index contributed by atoms with van der Waals surface area (Å²) in [6, 6.07) is -3.68. The number of aliphatic hydroxyl groups is 1. The molecule has 324 valence electrons. The maximum Gasteiger partial charge on any atom is 0.490 e. The molecular formula is C33H54F3N3O17. The number of carbonyl (C=O) groups excluding carboxylic acids is 5. The summed E-state index contributed by atoms with van der Waals surface area (Å²) in [6.07, 6.45) is -6.84. The number of hydrogen-bond donors (Lipinski definition) is 7. The largest absolute Gasteiger partial charge is 0.490 e. The lowest BCUT2D eigenvalue weighted by Crippen LogP contribution is -2.46. The van der Waals surface area contributed by atoms with Crippen LogP contribution in [0.2, 0.25) is 0 Å². The van der Waals surface area contributed by atoms with Crippen molar-refractivity contribution in [1.82, 2.24) is 10.6 Å². The number of alkyl carbamates (subject to hydrolysis) is 2. The molecule has 0 unspecified atom stereocenters. The quantitative estimate of drug-likeness (QED) is 0.0844. The molecular weight excluding hydrogens is 767 g/mol. The van der Waals surface area contributed by atoms with Crippen LogP contribution in [0.4, 0.5) is 22.8 Å². The Labute approximate surface area is 321 Å². The lowest BCUT2D eigenvalue weighted by atomic mass is 10.2. The number of esters is 3. The highest BCUT2D eigenvalue weighted by Gasteiger charge is 2.38. The Bertz CT molecular complexity index is 1380. The van der Waals surface area contributed by atoms with Crippen LogP contribution < -0.4 is 16.4 Å². The summed E-state index contributed by atoms with van der Waals surface area (Å²) in [4.78, 5) is 86.1. The van der Waals surface area contributed by atoms with Gasteiger partial charge in [0.1, 0.15) is 36.1 Å². The molecule has 0 spiro atoms. The van der Waals surface area contributed by atoms with Crippen molar-refractivity contribution in [2.24, 2.45) is 5.73 Å². The zero-order chi connectivity index (χ0) is 45.6. The first-order chi connectivity index (χ1) is 24.9. The molecule has 0 aliphatic carbocycles. The van der Waals surface area contributed by atoms with E-state index in [9.17, 15) is 46.7 Å². The third-order valence-electron chi connectivity index (χ3n) is 4.58. The number of rotatable bonds is 12. The van der Waals surface area contributed by atoms with Crippen LogP contribution in [0.1, 0.15) is 76.2 Å². The minimum absolute atomic E-state index is 0.140. The van der Waals surface area contributed by atoms with Gasteiger partial charge in [-0.2, -0.15) is 13.2 Å². The van der Waals surface area contributed by atoms with Crippen LogP contribution in [0.15, 0.2) is 24.3 Å². The third kappa shape index (κ3) is 35.6. The molecule has 23 heteroatoms. The fourth-order valence-corrected chi connectivity index (χ4v) is 2.28. The van der Waals surface area contributed by atoms with Crippen LogP contribution in [-0.2, 0) is 52.5 Å². The normalized spacial score (nSPS) is 12.5. The van der Waals surface area contributed by atoms with Gasteiger partial charge in [-0.1, -0.05) is 13.2 Å². The van der Waals surface area contributed by atoms with Crippen molar-refractivity contribution in [2.45, 2.75) is 117 Å². The van der Waals surface area contributed by atoms with Gasteiger partial charge in [-0.15, -0.1) is 0 Å². The molecule has 0 saturated carbocycles. The van der Waals surface area contributed by atoms with Gasteiger partial charge in [0.2, 0.25) is 0 Å². The first-order valence-electron chi connectivity index (χ1n) is 15.9. The predicted octanol–water partition coefficient (Wildman–Crippen LogP) is 2.45. The lowest BCUT2D eigenvalue weighted by molar-refractivity contribution is -0.192. The van der Waals surface area contributed by atoms with Gasteiger partial charge in [0.05, 0.1) is 6.61 Å². The number of carboxylic acid groups (broad SMARTS) is 3. The van der Waals surface area contributed by atoms with E-state index in [2.05, 4.69) is 23.2 Å². The highest BCUT2D eigenvalue weighted by Crippen LogP contribution is 2.13. The minimum atomic E-state index is -5.08.